The normalized spacial score (nSPS) is 18.7. The van der Waals surface area contributed by atoms with Crippen molar-refractivity contribution in [1.82, 2.24) is 0 Å². The highest BCUT2D eigenvalue weighted by Crippen LogP contribution is 2.30. The van der Waals surface area contributed by atoms with Crippen LogP contribution in [0.3, 0.4) is 0 Å². The molecule has 1 aliphatic rings. The molecule has 0 saturated carbocycles. The van der Waals surface area contributed by atoms with Gasteiger partial charge in [-0.2, -0.15) is 0 Å². The Kier molecular flexibility index (Phi) is 9.35. The fourth-order valence-corrected chi connectivity index (χ4v) is 2.34. The van der Waals surface area contributed by atoms with Crippen LogP contribution in [0.15, 0.2) is 30.3 Å². The molecule has 2 atom stereocenters. The third kappa shape index (κ3) is 9.12. The van der Waals surface area contributed by atoms with Crippen molar-refractivity contribution in [2.75, 3.05) is 7.11 Å². The minimum atomic E-state index is -0.832. The summed E-state index contributed by atoms with van der Waals surface area (Å²) in [6.45, 7) is 12.1. The van der Waals surface area contributed by atoms with Crippen LogP contribution >= 0.6 is 0 Å². The molecular formula is C23H32O6. The van der Waals surface area contributed by atoms with Crippen molar-refractivity contribution in [3.8, 4) is 11.8 Å². The Morgan fingerprint density at radius 1 is 1.14 bits per heavy atom. The number of carbonyl (C=O) groups excluding carboxylic acids is 2. The SMILES string of the molecule is CC#CC(C)(C)OCc1ccccc1.COC(=O)CC1OC(C(C)(C)C)OC1=O. The van der Waals surface area contributed by atoms with Gasteiger partial charge < -0.3 is 18.9 Å². The van der Waals surface area contributed by atoms with Gasteiger partial charge in [-0.1, -0.05) is 57.0 Å². The average Bonchev–Trinajstić information content (AvgIpc) is 3.02. The number of methoxy groups -OCH3 is 1. The first-order valence-corrected chi connectivity index (χ1v) is 9.53. The Labute approximate surface area is 173 Å². The molecule has 0 amide bonds. The summed E-state index contributed by atoms with van der Waals surface area (Å²) in [5.74, 6) is 4.91. The summed E-state index contributed by atoms with van der Waals surface area (Å²) in [6.07, 6.45) is -1.52. The smallest absolute Gasteiger partial charge is 0.338 e. The second kappa shape index (κ2) is 11.0. The number of benzene rings is 1. The van der Waals surface area contributed by atoms with Gasteiger partial charge in [0.2, 0.25) is 6.29 Å². The number of cyclic esters (lactones) is 1. The molecule has 2 rings (SSSR count). The highest BCUT2D eigenvalue weighted by atomic mass is 16.8. The fourth-order valence-electron chi connectivity index (χ4n) is 2.34. The molecule has 0 radical (unpaired) electrons. The monoisotopic (exact) mass is 404 g/mol. The first-order valence-electron chi connectivity index (χ1n) is 9.53. The lowest BCUT2D eigenvalue weighted by Gasteiger charge is -2.23. The van der Waals surface area contributed by atoms with E-state index in [0.29, 0.717) is 6.61 Å². The minimum Gasteiger partial charge on any atom is -0.469 e. The van der Waals surface area contributed by atoms with E-state index >= 15 is 0 Å². The maximum absolute atomic E-state index is 11.3. The van der Waals surface area contributed by atoms with Gasteiger partial charge in [0.15, 0.2) is 6.10 Å². The highest BCUT2D eigenvalue weighted by Gasteiger charge is 2.42. The number of hydrogen-bond acceptors (Lipinski definition) is 6. The number of ether oxygens (including phenoxy) is 4. The summed E-state index contributed by atoms with van der Waals surface area (Å²) >= 11 is 0. The Morgan fingerprint density at radius 3 is 2.24 bits per heavy atom. The van der Waals surface area contributed by atoms with E-state index in [0.717, 1.165) is 0 Å². The molecule has 6 heteroatoms. The minimum absolute atomic E-state index is 0.0953. The molecule has 1 fully saturated rings. The third-order valence-corrected chi connectivity index (χ3v) is 3.93. The van der Waals surface area contributed by atoms with Gasteiger partial charge in [-0.05, 0) is 26.3 Å². The summed E-state index contributed by atoms with van der Waals surface area (Å²) < 4.78 is 20.5. The Bertz CT molecular complexity index is 721. The molecule has 0 spiro atoms. The summed E-state index contributed by atoms with van der Waals surface area (Å²) in [6, 6.07) is 10.1. The van der Waals surface area contributed by atoms with Crippen molar-refractivity contribution < 1.29 is 28.5 Å². The zero-order valence-corrected chi connectivity index (χ0v) is 18.4. The number of rotatable bonds is 5. The van der Waals surface area contributed by atoms with Crippen LogP contribution < -0.4 is 0 Å². The first-order chi connectivity index (χ1) is 13.5. The maximum atomic E-state index is 11.3. The van der Waals surface area contributed by atoms with Crippen molar-refractivity contribution in [2.24, 2.45) is 5.41 Å². The fraction of sp³-hybridized carbons (Fsp3) is 0.565. The lowest BCUT2D eigenvalue weighted by Crippen LogP contribution is -2.28. The number of hydrogen-bond donors (Lipinski definition) is 0. The summed E-state index contributed by atoms with van der Waals surface area (Å²) in [7, 11) is 1.27. The van der Waals surface area contributed by atoms with Gasteiger partial charge in [0.05, 0.1) is 20.1 Å². The van der Waals surface area contributed by atoms with Crippen molar-refractivity contribution in [1.29, 1.82) is 0 Å². The van der Waals surface area contributed by atoms with Crippen LogP contribution in [-0.2, 0) is 35.1 Å². The molecule has 29 heavy (non-hydrogen) atoms. The maximum Gasteiger partial charge on any atom is 0.338 e. The molecule has 1 saturated heterocycles. The van der Waals surface area contributed by atoms with Crippen molar-refractivity contribution in [3.05, 3.63) is 35.9 Å². The topological polar surface area (TPSA) is 71.1 Å². The van der Waals surface area contributed by atoms with E-state index < -0.39 is 24.3 Å². The van der Waals surface area contributed by atoms with Gasteiger partial charge in [-0.25, -0.2) is 4.79 Å². The van der Waals surface area contributed by atoms with Gasteiger partial charge in [0, 0.05) is 5.41 Å². The van der Waals surface area contributed by atoms with Crippen molar-refractivity contribution in [3.63, 3.8) is 0 Å². The van der Waals surface area contributed by atoms with E-state index in [1.54, 1.807) is 0 Å². The van der Waals surface area contributed by atoms with E-state index in [4.69, 9.17) is 14.2 Å². The second-order valence-electron chi connectivity index (χ2n) is 8.20. The summed E-state index contributed by atoms with van der Waals surface area (Å²) in [5, 5.41) is 0. The van der Waals surface area contributed by atoms with Crippen LogP contribution in [0, 0.1) is 17.3 Å². The van der Waals surface area contributed by atoms with Crippen LogP contribution in [-0.4, -0.2) is 37.0 Å². The van der Waals surface area contributed by atoms with E-state index in [1.165, 1.54) is 12.7 Å². The van der Waals surface area contributed by atoms with Crippen molar-refractivity contribution in [2.45, 2.75) is 72.6 Å². The Balaban J connectivity index is 0.000000291. The predicted molar refractivity (Wildman–Crippen MR) is 110 cm³/mol. The summed E-state index contributed by atoms with van der Waals surface area (Å²) in [4.78, 5) is 22.3. The van der Waals surface area contributed by atoms with Gasteiger partial charge in [-0.3, -0.25) is 4.79 Å². The second-order valence-corrected chi connectivity index (χ2v) is 8.20. The molecule has 1 heterocycles. The largest absolute Gasteiger partial charge is 0.469 e. The molecule has 0 N–H and O–H groups in total. The Hall–Kier alpha value is -2.36. The summed E-state index contributed by atoms with van der Waals surface area (Å²) in [5.41, 5.74) is 0.531. The van der Waals surface area contributed by atoms with Crippen LogP contribution in [0.1, 0.15) is 53.5 Å². The van der Waals surface area contributed by atoms with E-state index in [2.05, 4.69) is 28.7 Å². The number of esters is 2. The average molecular weight is 405 g/mol. The quantitative estimate of drug-likeness (QED) is 0.548. The zero-order chi connectivity index (χ0) is 22.1. The van der Waals surface area contributed by atoms with Crippen LogP contribution in [0.5, 0.6) is 0 Å². The number of carbonyl (C=O) groups is 2. The molecule has 160 valence electrons. The van der Waals surface area contributed by atoms with Gasteiger partial charge in [-0.15, -0.1) is 5.92 Å². The molecule has 6 nitrogen and oxygen atoms in total. The van der Waals surface area contributed by atoms with E-state index in [1.807, 2.05) is 59.7 Å². The van der Waals surface area contributed by atoms with Gasteiger partial charge in [0.25, 0.3) is 0 Å². The van der Waals surface area contributed by atoms with E-state index in [-0.39, 0.29) is 17.4 Å². The molecule has 1 aromatic carbocycles. The highest BCUT2D eigenvalue weighted by molar-refractivity contribution is 5.82. The molecule has 1 aromatic rings. The molecule has 1 aliphatic heterocycles. The van der Waals surface area contributed by atoms with Gasteiger partial charge >= 0.3 is 11.9 Å². The molecule has 0 bridgehead atoms. The van der Waals surface area contributed by atoms with Crippen LogP contribution in [0.25, 0.3) is 0 Å². The lowest BCUT2D eigenvalue weighted by molar-refractivity contribution is -0.154. The van der Waals surface area contributed by atoms with Crippen LogP contribution in [0.2, 0.25) is 0 Å². The van der Waals surface area contributed by atoms with E-state index in [9.17, 15) is 9.59 Å². The molecule has 0 aromatic heterocycles. The van der Waals surface area contributed by atoms with Crippen molar-refractivity contribution >= 4 is 11.9 Å². The first kappa shape index (κ1) is 24.7. The van der Waals surface area contributed by atoms with Gasteiger partial charge in [0.1, 0.15) is 5.60 Å². The third-order valence-electron chi connectivity index (χ3n) is 3.93. The molecule has 0 aliphatic carbocycles. The lowest BCUT2D eigenvalue weighted by atomic mass is 9.96. The van der Waals surface area contributed by atoms with Crippen LogP contribution in [0.4, 0.5) is 0 Å². The molecular weight excluding hydrogens is 372 g/mol. The predicted octanol–water partition coefficient (Wildman–Crippen LogP) is 3.87. The zero-order valence-electron chi connectivity index (χ0n) is 18.4. The Morgan fingerprint density at radius 2 is 1.76 bits per heavy atom. The standard InChI is InChI=1S/C13H16O.C10H16O5/c1-4-10-13(2,3)14-11-12-8-6-5-7-9-12;1-10(2,3)9-14-6(8(12)15-9)5-7(11)13-4/h5-9H,11H2,1-3H3;6,9H,5H2,1-4H3. The molecule has 2 unspecified atom stereocenters.